The van der Waals surface area contributed by atoms with E-state index in [9.17, 15) is 0 Å². The van der Waals surface area contributed by atoms with Gasteiger partial charge in [0, 0.05) is 24.5 Å². The first kappa shape index (κ1) is 14.3. The summed E-state index contributed by atoms with van der Waals surface area (Å²) < 4.78 is 2.27. The lowest BCUT2D eigenvalue weighted by Gasteiger charge is -2.15. The molecule has 2 aromatic rings. The van der Waals surface area contributed by atoms with Gasteiger partial charge in [-0.2, -0.15) is 0 Å². The summed E-state index contributed by atoms with van der Waals surface area (Å²) in [5.41, 5.74) is 3.03. The van der Waals surface area contributed by atoms with Crippen LogP contribution in [-0.2, 0) is 13.0 Å². The summed E-state index contributed by atoms with van der Waals surface area (Å²) in [6, 6.07) is 4.07. The van der Waals surface area contributed by atoms with Crippen molar-refractivity contribution in [2.75, 3.05) is 5.88 Å². The fourth-order valence-corrected chi connectivity index (χ4v) is 2.58. The molecular weight excluding hydrogens is 258 g/mol. The molecule has 0 N–H and O–H groups in total. The zero-order valence-electron chi connectivity index (χ0n) is 12.0. The Balaban J connectivity index is 2.46. The number of halogens is 1. The summed E-state index contributed by atoms with van der Waals surface area (Å²) in [5.74, 6) is 2.34. The van der Waals surface area contributed by atoms with E-state index in [1.165, 1.54) is 12.8 Å². The topological polar surface area (TPSA) is 30.7 Å². The molecule has 2 rings (SSSR count). The highest BCUT2D eigenvalue weighted by Gasteiger charge is 2.14. The van der Waals surface area contributed by atoms with E-state index in [2.05, 4.69) is 34.4 Å². The van der Waals surface area contributed by atoms with Crippen LogP contribution in [0.5, 0.6) is 0 Å². The van der Waals surface area contributed by atoms with Gasteiger partial charge < -0.3 is 4.57 Å². The fourth-order valence-electron chi connectivity index (χ4n) is 2.42. The Labute approximate surface area is 120 Å². The largest absolute Gasteiger partial charge is 0.312 e. The lowest BCUT2D eigenvalue weighted by atomic mass is 10.0. The first-order chi connectivity index (χ1) is 9.19. The second-order valence-corrected chi connectivity index (χ2v) is 5.43. The Morgan fingerprint density at radius 1 is 1.21 bits per heavy atom. The van der Waals surface area contributed by atoms with Crippen LogP contribution < -0.4 is 0 Å². The van der Waals surface area contributed by atoms with Gasteiger partial charge >= 0.3 is 0 Å². The third-order valence-corrected chi connectivity index (χ3v) is 3.91. The number of hydrogen-bond donors (Lipinski definition) is 0. The second kappa shape index (κ2) is 6.38. The van der Waals surface area contributed by atoms with Gasteiger partial charge in [0.05, 0.1) is 0 Å². The van der Waals surface area contributed by atoms with E-state index in [1.54, 1.807) is 0 Å². The van der Waals surface area contributed by atoms with Crippen molar-refractivity contribution >= 4 is 22.8 Å². The van der Waals surface area contributed by atoms with Gasteiger partial charge in [0.25, 0.3) is 0 Å². The molecule has 0 aliphatic rings. The van der Waals surface area contributed by atoms with Crippen molar-refractivity contribution in [2.24, 2.45) is 5.92 Å². The Morgan fingerprint density at radius 2 is 1.95 bits per heavy atom. The maximum Gasteiger partial charge on any atom is 0.160 e. The van der Waals surface area contributed by atoms with Gasteiger partial charge in [-0.05, 0) is 25.0 Å². The Kier molecular flexibility index (Phi) is 4.81. The molecule has 0 amide bonds. The molecule has 0 bridgehead atoms. The van der Waals surface area contributed by atoms with Crippen LogP contribution in [0.1, 0.15) is 38.2 Å². The van der Waals surface area contributed by atoms with Crippen molar-refractivity contribution in [3.63, 3.8) is 0 Å². The fraction of sp³-hybridized carbons (Fsp3) is 0.600. The maximum atomic E-state index is 5.90. The van der Waals surface area contributed by atoms with Crippen LogP contribution in [0.15, 0.2) is 12.1 Å². The van der Waals surface area contributed by atoms with Crippen LogP contribution >= 0.6 is 11.6 Å². The van der Waals surface area contributed by atoms with Gasteiger partial charge in [-0.1, -0.05) is 26.7 Å². The summed E-state index contributed by atoms with van der Waals surface area (Å²) >= 11 is 5.90. The van der Waals surface area contributed by atoms with Crippen LogP contribution in [0.2, 0.25) is 0 Å². The van der Waals surface area contributed by atoms with Gasteiger partial charge in [-0.15, -0.1) is 11.6 Å². The minimum absolute atomic E-state index is 0.602. The van der Waals surface area contributed by atoms with Crippen LogP contribution in [0.3, 0.4) is 0 Å². The standard InChI is InChI=1S/C15H22ClN3/c1-4-12(5-2)10-19-14(8-9-16)18-13-7-6-11(3)17-15(13)19/h6-7,12H,4-5,8-10H2,1-3H3. The molecular formula is C15H22ClN3. The lowest BCUT2D eigenvalue weighted by molar-refractivity contribution is 0.416. The molecule has 0 spiro atoms. The molecule has 0 radical (unpaired) electrons. The van der Waals surface area contributed by atoms with E-state index >= 15 is 0 Å². The zero-order chi connectivity index (χ0) is 13.8. The Hall–Kier alpha value is -1.09. The van der Waals surface area contributed by atoms with Gasteiger partial charge in [0.1, 0.15) is 11.3 Å². The molecule has 4 heteroatoms. The number of pyridine rings is 1. The van der Waals surface area contributed by atoms with E-state index < -0.39 is 0 Å². The summed E-state index contributed by atoms with van der Waals surface area (Å²) in [6.07, 6.45) is 3.17. The molecule has 0 aliphatic carbocycles. The van der Waals surface area contributed by atoms with Gasteiger partial charge in [0.2, 0.25) is 0 Å². The number of rotatable bonds is 6. The third-order valence-electron chi connectivity index (χ3n) is 3.72. The number of fused-ring (bicyclic) bond motifs is 1. The predicted octanol–water partition coefficient (Wildman–Crippen LogP) is 3.96. The molecule has 0 saturated carbocycles. The quantitative estimate of drug-likeness (QED) is 0.750. The van der Waals surface area contributed by atoms with Gasteiger partial charge in [-0.3, -0.25) is 0 Å². The number of hydrogen-bond acceptors (Lipinski definition) is 2. The Bertz CT molecular complexity index is 544. The van der Waals surface area contributed by atoms with Crippen LogP contribution in [-0.4, -0.2) is 20.4 Å². The SMILES string of the molecule is CCC(CC)Cn1c(CCCl)nc2ccc(C)nc21. The van der Waals surface area contributed by atoms with Crippen molar-refractivity contribution in [3.8, 4) is 0 Å². The van der Waals surface area contributed by atoms with Crippen molar-refractivity contribution in [2.45, 2.75) is 46.6 Å². The number of aromatic nitrogens is 3. The highest BCUT2D eigenvalue weighted by Crippen LogP contribution is 2.20. The van der Waals surface area contributed by atoms with Gasteiger partial charge in [0.15, 0.2) is 5.65 Å². The van der Waals surface area contributed by atoms with E-state index in [4.69, 9.17) is 11.6 Å². The highest BCUT2D eigenvalue weighted by molar-refractivity contribution is 6.17. The van der Waals surface area contributed by atoms with Crippen molar-refractivity contribution in [1.82, 2.24) is 14.5 Å². The number of aryl methyl sites for hydroxylation is 2. The number of imidazole rings is 1. The number of nitrogens with zero attached hydrogens (tertiary/aromatic N) is 3. The van der Waals surface area contributed by atoms with Crippen molar-refractivity contribution < 1.29 is 0 Å². The van der Waals surface area contributed by atoms with E-state index in [1.807, 2.05) is 13.0 Å². The second-order valence-electron chi connectivity index (χ2n) is 5.06. The first-order valence-electron chi connectivity index (χ1n) is 7.08. The minimum Gasteiger partial charge on any atom is -0.312 e. The molecule has 0 aliphatic heterocycles. The van der Waals surface area contributed by atoms with E-state index in [0.717, 1.165) is 35.6 Å². The monoisotopic (exact) mass is 279 g/mol. The summed E-state index contributed by atoms with van der Waals surface area (Å²) in [6.45, 7) is 7.50. The number of alkyl halides is 1. The van der Waals surface area contributed by atoms with Crippen LogP contribution in [0, 0.1) is 12.8 Å². The van der Waals surface area contributed by atoms with Crippen molar-refractivity contribution in [1.29, 1.82) is 0 Å². The molecule has 2 aromatic heterocycles. The van der Waals surface area contributed by atoms with Crippen molar-refractivity contribution in [3.05, 3.63) is 23.7 Å². The van der Waals surface area contributed by atoms with Gasteiger partial charge in [-0.25, -0.2) is 9.97 Å². The molecule has 0 unspecified atom stereocenters. The molecule has 2 heterocycles. The summed E-state index contributed by atoms with van der Waals surface area (Å²) in [4.78, 5) is 9.34. The maximum absolute atomic E-state index is 5.90. The Morgan fingerprint density at radius 3 is 2.58 bits per heavy atom. The summed E-state index contributed by atoms with van der Waals surface area (Å²) in [5, 5.41) is 0. The van der Waals surface area contributed by atoms with Crippen LogP contribution in [0.4, 0.5) is 0 Å². The zero-order valence-corrected chi connectivity index (χ0v) is 12.7. The summed E-state index contributed by atoms with van der Waals surface area (Å²) in [7, 11) is 0. The normalized spacial score (nSPS) is 11.6. The van der Waals surface area contributed by atoms with Crippen LogP contribution in [0.25, 0.3) is 11.2 Å². The third kappa shape index (κ3) is 3.08. The van der Waals surface area contributed by atoms with E-state index in [0.29, 0.717) is 11.8 Å². The average Bonchev–Trinajstić information content (AvgIpc) is 2.73. The molecule has 0 saturated heterocycles. The minimum atomic E-state index is 0.602. The molecule has 0 atom stereocenters. The molecule has 0 aromatic carbocycles. The first-order valence-corrected chi connectivity index (χ1v) is 7.61. The smallest absolute Gasteiger partial charge is 0.160 e. The molecule has 19 heavy (non-hydrogen) atoms. The highest BCUT2D eigenvalue weighted by atomic mass is 35.5. The lowest BCUT2D eigenvalue weighted by Crippen LogP contribution is -2.13. The van der Waals surface area contributed by atoms with E-state index in [-0.39, 0.29) is 0 Å². The predicted molar refractivity (Wildman–Crippen MR) is 80.8 cm³/mol. The average molecular weight is 280 g/mol. The molecule has 104 valence electrons. The molecule has 0 fully saturated rings. The molecule has 3 nitrogen and oxygen atoms in total.